The smallest absolute Gasteiger partial charge is 0.167 e. The molecule has 0 aromatic heterocycles. The Kier molecular flexibility index (Phi) is 3.97. The Morgan fingerprint density at radius 2 is 2.00 bits per heavy atom. The van der Waals surface area contributed by atoms with Crippen molar-refractivity contribution in [1.29, 1.82) is 5.26 Å². The molecule has 1 aromatic rings. The molecule has 0 spiro atoms. The molecule has 1 aromatic carbocycles. The summed E-state index contributed by atoms with van der Waals surface area (Å²) < 4.78 is 22.6. The first kappa shape index (κ1) is 12.3. The predicted octanol–water partition coefficient (Wildman–Crippen LogP) is 2.43. The quantitative estimate of drug-likeness (QED) is 0.842. The number of halogens is 2. The molecule has 80 valence electrons. The molecule has 15 heavy (non-hydrogen) atoms. The molecule has 6 heteroatoms. The first-order chi connectivity index (χ1) is 6.94. The number of hydrogen-bond acceptors (Lipinski definition) is 3. The molecule has 0 unspecified atom stereocenters. The zero-order valence-corrected chi connectivity index (χ0v) is 9.90. The van der Waals surface area contributed by atoms with Gasteiger partial charge in [-0.05, 0) is 17.7 Å². The Morgan fingerprint density at radius 1 is 1.33 bits per heavy atom. The average Bonchev–Trinajstić information content (AvgIpc) is 2.09. The predicted molar refractivity (Wildman–Crippen MR) is 59.6 cm³/mol. The van der Waals surface area contributed by atoms with Gasteiger partial charge in [-0.25, -0.2) is 8.42 Å². The summed E-state index contributed by atoms with van der Waals surface area (Å²) in [4.78, 5) is 0. The van der Waals surface area contributed by atoms with E-state index < -0.39 is 15.6 Å². The largest absolute Gasteiger partial charge is 0.227 e. The van der Waals surface area contributed by atoms with E-state index in [2.05, 4.69) is 0 Å². The van der Waals surface area contributed by atoms with E-state index in [1.165, 1.54) is 6.07 Å². The van der Waals surface area contributed by atoms with Gasteiger partial charge in [0.25, 0.3) is 0 Å². The van der Waals surface area contributed by atoms with Crippen molar-refractivity contribution in [3.05, 3.63) is 33.8 Å². The van der Waals surface area contributed by atoms with Gasteiger partial charge in [-0.1, -0.05) is 29.3 Å². The van der Waals surface area contributed by atoms with Crippen molar-refractivity contribution >= 4 is 33.0 Å². The SMILES string of the molecule is N#CCS(=O)(=O)Cc1ccc(Cl)cc1Cl. The van der Waals surface area contributed by atoms with Crippen LogP contribution in [0.25, 0.3) is 0 Å². The maximum Gasteiger partial charge on any atom is 0.167 e. The lowest BCUT2D eigenvalue weighted by Crippen LogP contribution is -2.08. The van der Waals surface area contributed by atoms with Crippen molar-refractivity contribution in [2.75, 3.05) is 5.75 Å². The van der Waals surface area contributed by atoms with Crippen LogP contribution in [0.1, 0.15) is 5.56 Å². The number of sulfone groups is 1. The number of benzene rings is 1. The summed E-state index contributed by atoms with van der Waals surface area (Å²) in [7, 11) is -3.41. The molecule has 0 N–H and O–H groups in total. The van der Waals surface area contributed by atoms with Gasteiger partial charge in [0, 0.05) is 10.0 Å². The van der Waals surface area contributed by atoms with Crippen LogP contribution in [0.3, 0.4) is 0 Å². The van der Waals surface area contributed by atoms with E-state index in [1.807, 2.05) is 0 Å². The maximum absolute atomic E-state index is 11.3. The first-order valence-electron chi connectivity index (χ1n) is 3.96. The zero-order chi connectivity index (χ0) is 11.5. The molecule has 0 saturated heterocycles. The Labute approximate surface area is 98.2 Å². The van der Waals surface area contributed by atoms with Crippen molar-refractivity contribution in [2.45, 2.75) is 5.75 Å². The normalized spacial score (nSPS) is 11.0. The van der Waals surface area contributed by atoms with Crippen LogP contribution in [0.5, 0.6) is 0 Å². The summed E-state index contributed by atoms with van der Waals surface area (Å²) in [5.74, 6) is -0.748. The Balaban J connectivity index is 2.96. The third-order valence-electron chi connectivity index (χ3n) is 1.67. The summed E-state index contributed by atoms with van der Waals surface area (Å²) in [5, 5.41) is 9.05. The van der Waals surface area contributed by atoms with Crippen LogP contribution >= 0.6 is 23.2 Å². The Morgan fingerprint density at radius 3 is 2.53 bits per heavy atom. The Hall–Kier alpha value is -0.760. The molecule has 0 atom stereocenters. The van der Waals surface area contributed by atoms with Crippen molar-refractivity contribution in [2.24, 2.45) is 0 Å². The molecule has 0 amide bonds. The highest BCUT2D eigenvalue weighted by Gasteiger charge is 2.13. The lowest BCUT2D eigenvalue weighted by molar-refractivity contribution is 0.598. The first-order valence-corrected chi connectivity index (χ1v) is 6.53. The van der Waals surface area contributed by atoms with Crippen LogP contribution < -0.4 is 0 Å². The van der Waals surface area contributed by atoms with Crippen molar-refractivity contribution in [1.82, 2.24) is 0 Å². The van der Waals surface area contributed by atoms with E-state index in [-0.39, 0.29) is 5.75 Å². The number of rotatable bonds is 3. The fraction of sp³-hybridized carbons (Fsp3) is 0.222. The maximum atomic E-state index is 11.3. The molecule has 0 radical (unpaired) electrons. The summed E-state index contributed by atoms with van der Waals surface area (Å²) >= 11 is 11.5. The number of hydrogen-bond donors (Lipinski definition) is 0. The molecule has 3 nitrogen and oxygen atoms in total. The molecular formula is C9H7Cl2NO2S. The van der Waals surface area contributed by atoms with E-state index in [0.29, 0.717) is 15.6 Å². The van der Waals surface area contributed by atoms with Gasteiger partial charge < -0.3 is 0 Å². The molecular weight excluding hydrogens is 257 g/mol. The summed E-state index contributed by atoms with van der Waals surface area (Å²) in [6, 6.07) is 6.18. The zero-order valence-electron chi connectivity index (χ0n) is 7.57. The molecule has 0 aliphatic heterocycles. The lowest BCUT2D eigenvalue weighted by Gasteiger charge is -2.03. The lowest BCUT2D eigenvalue weighted by atomic mass is 10.2. The second-order valence-electron chi connectivity index (χ2n) is 2.93. The Bertz CT molecular complexity index is 505. The summed E-state index contributed by atoms with van der Waals surface area (Å²) in [5.41, 5.74) is 0.455. The van der Waals surface area contributed by atoms with E-state index >= 15 is 0 Å². The van der Waals surface area contributed by atoms with Gasteiger partial charge in [-0.15, -0.1) is 0 Å². The van der Waals surface area contributed by atoms with Crippen LogP contribution in [0.4, 0.5) is 0 Å². The highest BCUT2D eigenvalue weighted by Crippen LogP contribution is 2.22. The minimum Gasteiger partial charge on any atom is -0.227 e. The van der Waals surface area contributed by atoms with E-state index in [9.17, 15) is 8.42 Å². The average molecular weight is 264 g/mol. The van der Waals surface area contributed by atoms with E-state index in [4.69, 9.17) is 28.5 Å². The molecule has 1 rings (SSSR count). The second kappa shape index (κ2) is 4.84. The van der Waals surface area contributed by atoms with Crippen molar-refractivity contribution in [3.63, 3.8) is 0 Å². The summed E-state index contributed by atoms with van der Waals surface area (Å²) in [6.07, 6.45) is 0. The van der Waals surface area contributed by atoms with Gasteiger partial charge in [-0.2, -0.15) is 5.26 Å². The third-order valence-corrected chi connectivity index (χ3v) is 3.58. The van der Waals surface area contributed by atoms with Gasteiger partial charge in [0.05, 0.1) is 11.8 Å². The van der Waals surface area contributed by atoms with Crippen LogP contribution in [0, 0.1) is 11.3 Å². The van der Waals surface area contributed by atoms with Crippen LogP contribution in [0.2, 0.25) is 10.0 Å². The van der Waals surface area contributed by atoms with Gasteiger partial charge in [0.2, 0.25) is 0 Å². The second-order valence-corrected chi connectivity index (χ2v) is 5.83. The molecule has 0 heterocycles. The fourth-order valence-electron chi connectivity index (χ4n) is 1.03. The standard InChI is InChI=1S/C9H7Cl2NO2S/c10-8-2-1-7(9(11)5-8)6-15(13,14)4-3-12/h1-2,5H,4,6H2. The van der Waals surface area contributed by atoms with E-state index in [0.717, 1.165) is 0 Å². The molecule has 0 saturated carbocycles. The molecule has 0 aliphatic carbocycles. The van der Waals surface area contributed by atoms with Crippen molar-refractivity contribution < 1.29 is 8.42 Å². The molecule has 0 bridgehead atoms. The fourth-order valence-corrected chi connectivity index (χ4v) is 2.60. The van der Waals surface area contributed by atoms with Gasteiger partial charge in [0.1, 0.15) is 5.75 Å². The molecule has 0 aliphatic rings. The van der Waals surface area contributed by atoms with Crippen LogP contribution in [-0.4, -0.2) is 14.2 Å². The summed E-state index contributed by atoms with van der Waals surface area (Å²) in [6.45, 7) is 0. The highest BCUT2D eigenvalue weighted by molar-refractivity contribution is 7.90. The van der Waals surface area contributed by atoms with Crippen molar-refractivity contribution in [3.8, 4) is 6.07 Å². The monoisotopic (exact) mass is 263 g/mol. The van der Waals surface area contributed by atoms with Crippen LogP contribution in [-0.2, 0) is 15.6 Å². The van der Waals surface area contributed by atoms with Gasteiger partial charge >= 0.3 is 0 Å². The van der Waals surface area contributed by atoms with E-state index in [1.54, 1.807) is 18.2 Å². The highest BCUT2D eigenvalue weighted by atomic mass is 35.5. The number of nitriles is 1. The number of nitrogens with zero attached hydrogens (tertiary/aromatic N) is 1. The minimum absolute atomic E-state index is 0.240. The minimum atomic E-state index is -3.41. The topological polar surface area (TPSA) is 57.9 Å². The third kappa shape index (κ3) is 3.71. The molecule has 0 fully saturated rings. The van der Waals surface area contributed by atoms with Gasteiger partial charge in [0.15, 0.2) is 9.84 Å². The van der Waals surface area contributed by atoms with Gasteiger partial charge in [-0.3, -0.25) is 0 Å². The van der Waals surface area contributed by atoms with Crippen LogP contribution in [0.15, 0.2) is 18.2 Å².